The van der Waals surface area contributed by atoms with E-state index in [0.717, 1.165) is 31.6 Å². The maximum absolute atomic E-state index is 11.8. The quantitative estimate of drug-likeness (QED) is 0.0767. The van der Waals surface area contributed by atoms with Crippen LogP contribution in [0.3, 0.4) is 0 Å². The van der Waals surface area contributed by atoms with Gasteiger partial charge < -0.3 is 24.6 Å². The molecule has 2 aromatic heterocycles. The van der Waals surface area contributed by atoms with Crippen LogP contribution < -0.4 is 10.8 Å². The third-order valence-electron chi connectivity index (χ3n) is 9.26. The van der Waals surface area contributed by atoms with Gasteiger partial charge in [-0.1, -0.05) is 100 Å². The number of carboxylic acid groups (broad SMARTS) is 2. The van der Waals surface area contributed by atoms with Crippen molar-refractivity contribution < 1.29 is 48.4 Å². The molecule has 2 aromatic rings. The number of nitrogens with zero attached hydrogens (tertiary/aromatic N) is 4. The molecule has 0 bridgehead atoms. The van der Waals surface area contributed by atoms with Crippen molar-refractivity contribution in [2.24, 2.45) is 11.8 Å². The van der Waals surface area contributed by atoms with E-state index in [9.17, 15) is 24.0 Å². The molecule has 0 aromatic carbocycles. The van der Waals surface area contributed by atoms with Crippen LogP contribution in [0.2, 0.25) is 0 Å². The molecule has 2 saturated carbocycles. The molecule has 16 nitrogen and oxygen atoms in total. The third kappa shape index (κ3) is 14.4. The van der Waals surface area contributed by atoms with Crippen LogP contribution in [0.4, 0.5) is 0 Å². The summed E-state index contributed by atoms with van der Waals surface area (Å²) in [5.74, 6) is -2.79. The Labute approximate surface area is 285 Å². The summed E-state index contributed by atoms with van der Waals surface area (Å²) >= 11 is 0. The molecule has 272 valence electrons. The third-order valence-corrected chi connectivity index (χ3v) is 9.26. The van der Waals surface area contributed by atoms with Crippen molar-refractivity contribution >= 4 is 29.5 Å². The topological polar surface area (TPSA) is 248 Å². The Bertz CT molecular complexity index is 1350. The summed E-state index contributed by atoms with van der Waals surface area (Å²) in [5, 5.41) is 35.7. The number of rotatable bonds is 18. The van der Waals surface area contributed by atoms with Gasteiger partial charge in [0.2, 0.25) is 29.3 Å². The SMILES string of the molecule is CC(=O)c1noc([C@H](CCCC2CCCCC2)CC(=O)O)n1.O=C(O)CNC(=O)c1noc([C@H](CCCC2CCCCC2)CC(=O)NO)n1. The van der Waals surface area contributed by atoms with Crippen molar-refractivity contribution in [3.63, 3.8) is 0 Å². The highest BCUT2D eigenvalue weighted by atomic mass is 16.5. The molecule has 4 rings (SSSR count). The number of aliphatic carboxylic acids is 2. The van der Waals surface area contributed by atoms with Crippen molar-refractivity contribution in [3.8, 4) is 0 Å². The van der Waals surface area contributed by atoms with Gasteiger partial charge in [0.25, 0.3) is 11.7 Å². The molecule has 2 atom stereocenters. The van der Waals surface area contributed by atoms with Gasteiger partial charge in [0.05, 0.1) is 6.42 Å². The molecule has 0 aliphatic heterocycles. The Morgan fingerprint density at radius 2 is 1.22 bits per heavy atom. The number of hydrogen-bond acceptors (Lipinski definition) is 12. The molecule has 0 spiro atoms. The fraction of sp³-hybridized carbons (Fsp3) is 0.727. The van der Waals surface area contributed by atoms with Crippen molar-refractivity contribution in [2.45, 2.75) is 134 Å². The van der Waals surface area contributed by atoms with E-state index in [4.69, 9.17) is 24.5 Å². The predicted octanol–water partition coefficient (Wildman–Crippen LogP) is 5.19. The molecule has 2 heterocycles. The minimum Gasteiger partial charge on any atom is -0.481 e. The fourth-order valence-electron chi connectivity index (χ4n) is 6.64. The van der Waals surface area contributed by atoms with Crippen molar-refractivity contribution in [2.75, 3.05) is 6.54 Å². The van der Waals surface area contributed by atoms with Crippen LogP contribution in [0.5, 0.6) is 0 Å². The second kappa shape index (κ2) is 21.0. The second-order valence-electron chi connectivity index (χ2n) is 13.1. The average molecular weight is 691 g/mol. The highest BCUT2D eigenvalue weighted by Gasteiger charge is 2.26. The van der Waals surface area contributed by atoms with Gasteiger partial charge in [-0.2, -0.15) is 9.97 Å². The molecular formula is C33H50N6O10. The van der Waals surface area contributed by atoms with E-state index >= 15 is 0 Å². The summed E-state index contributed by atoms with van der Waals surface area (Å²) in [7, 11) is 0. The minimum atomic E-state index is -1.19. The Morgan fingerprint density at radius 1 is 0.735 bits per heavy atom. The molecule has 0 saturated heterocycles. The lowest BCUT2D eigenvalue weighted by Crippen LogP contribution is -2.30. The van der Waals surface area contributed by atoms with Crippen LogP contribution >= 0.6 is 0 Å². The number of Topliss-reactive ketones (excluding diaryl/α,β-unsaturated/α-hetero) is 1. The highest BCUT2D eigenvalue weighted by Crippen LogP contribution is 2.32. The smallest absolute Gasteiger partial charge is 0.322 e. The molecule has 0 unspecified atom stereocenters. The van der Waals surface area contributed by atoms with Gasteiger partial charge in [-0.15, -0.1) is 0 Å². The van der Waals surface area contributed by atoms with E-state index in [1.807, 2.05) is 0 Å². The Morgan fingerprint density at radius 3 is 1.67 bits per heavy atom. The molecule has 2 fully saturated rings. The number of hydrogen-bond donors (Lipinski definition) is 5. The number of ketones is 1. The Kier molecular flexibility index (Phi) is 16.8. The fourth-order valence-corrected chi connectivity index (χ4v) is 6.64. The number of hydroxylamine groups is 1. The van der Waals surface area contributed by atoms with Crippen molar-refractivity contribution in [3.05, 3.63) is 23.4 Å². The summed E-state index contributed by atoms with van der Waals surface area (Å²) in [6.07, 6.45) is 18.1. The van der Waals surface area contributed by atoms with Crippen LogP contribution in [0.25, 0.3) is 0 Å². The van der Waals surface area contributed by atoms with E-state index in [1.165, 1.54) is 71.1 Å². The first-order valence-electron chi connectivity index (χ1n) is 17.4. The van der Waals surface area contributed by atoms with Crippen LogP contribution in [0.1, 0.15) is 167 Å². The summed E-state index contributed by atoms with van der Waals surface area (Å²) in [4.78, 5) is 64.2. The van der Waals surface area contributed by atoms with E-state index in [-0.39, 0.29) is 48.0 Å². The van der Waals surface area contributed by atoms with Crippen LogP contribution in [0, 0.1) is 11.8 Å². The maximum Gasteiger partial charge on any atom is 0.322 e. The number of carboxylic acids is 2. The van der Waals surface area contributed by atoms with Gasteiger partial charge in [-0.25, -0.2) is 5.48 Å². The highest BCUT2D eigenvalue weighted by molar-refractivity contribution is 5.92. The molecule has 2 aliphatic carbocycles. The number of carbonyl (C=O) groups excluding carboxylic acids is 3. The van der Waals surface area contributed by atoms with Gasteiger partial charge in [0.1, 0.15) is 6.54 Å². The summed E-state index contributed by atoms with van der Waals surface area (Å²) in [5.41, 5.74) is 1.59. The van der Waals surface area contributed by atoms with Crippen molar-refractivity contribution in [1.82, 2.24) is 31.1 Å². The molecule has 16 heteroatoms. The number of nitrogens with one attached hydrogen (secondary N) is 2. The Hall–Kier alpha value is -4.21. The zero-order valence-electron chi connectivity index (χ0n) is 28.2. The second-order valence-corrected chi connectivity index (χ2v) is 13.1. The lowest BCUT2D eigenvalue weighted by Gasteiger charge is -2.22. The van der Waals surface area contributed by atoms with Gasteiger partial charge in [-0.05, 0) is 24.7 Å². The van der Waals surface area contributed by atoms with Gasteiger partial charge in [0, 0.05) is 25.2 Å². The van der Waals surface area contributed by atoms with E-state index in [2.05, 4.69) is 25.6 Å². The lowest BCUT2D eigenvalue weighted by molar-refractivity contribution is -0.138. The molecule has 49 heavy (non-hydrogen) atoms. The van der Waals surface area contributed by atoms with Crippen LogP contribution in [0.15, 0.2) is 9.05 Å². The van der Waals surface area contributed by atoms with E-state index in [0.29, 0.717) is 18.8 Å². The number of aromatic nitrogens is 4. The molecule has 0 radical (unpaired) electrons. The monoisotopic (exact) mass is 690 g/mol. The van der Waals surface area contributed by atoms with Gasteiger partial charge >= 0.3 is 11.9 Å². The molecule has 5 N–H and O–H groups in total. The van der Waals surface area contributed by atoms with E-state index < -0.39 is 36.2 Å². The zero-order valence-corrected chi connectivity index (χ0v) is 28.2. The first-order valence-corrected chi connectivity index (χ1v) is 17.4. The van der Waals surface area contributed by atoms with Gasteiger partial charge in [0.15, 0.2) is 0 Å². The predicted molar refractivity (Wildman–Crippen MR) is 172 cm³/mol. The van der Waals surface area contributed by atoms with Crippen LogP contribution in [-0.4, -0.2) is 71.8 Å². The summed E-state index contributed by atoms with van der Waals surface area (Å²) in [6.45, 7) is 0.810. The number of amides is 2. The Balaban J connectivity index is 0.000000271. The lowest BCUT2D eigenvalue weighted by atomic mass is 9.84. The van der Waals surface area contributed by atoms with Gasteiger partial charge in [-0.3, -0.25) is 29.2 Å². The van der Waals surface area contributed by atoms with Crippen molar-refractivity contribution in [1.29, 1.82) is 0 Å². The van der Waals surface area contributed by atoms with E-state index in [1.54, 1.807) is 5.48 Å². The largest absolute Gasteiger partial charge is 0.481 e. The zero-order chi connectivity index (χ0) is 35.6. The molecular weight excluding hydrogens is 640 g/mol. The minimum absolute atomic E-state index is 0.0256. The maximum atomic E-state index is 11.8. The number of carbonyl (C=O) groups is 5. The normalized spacial score (nSPS) is 16.5. The first kappa shape index (κ1) is 39.2. The molecule has 2 amide bonds. The molecule has 2 aliphatic rings. The summed E-state index contributed by atoms with van der Waals surface area (Å²) in [6, 6.07) is 0. The summed E-state index contributed by atoms with van der Waals surface area (Å²) < 4.78 is 10.2. The standard InChI is InChI=1S/C17H26N4O6.C16H24N2O4/c22-13(20-26)9-12(8-4-7-11-5-2-1-3-6-11)17-19-15(21-27-17)16(25)18-10-14(23)24;1-11(19)15-17-16(22-18-15)13(10-14(20)21)9-5-8-12-6-3-2-4-7-12/h11-12,26H,1-10H2,(H,18,25)(H,20,22)(H,23,24);12-13H,2-10H2,1H3,(H,20,21)/t12-;13-/m11/s1. The first-order chi connectivity index (χ1) is 23.5. The van der Waals surface area contributed by atoms with Crippen LogP contribution in [-0.2, 0) is 14.4 Å². The average Bonchev–Trinajstić information content (AvgIpc) is 3.79.